The van der Waals surface area contributed by atoms with Crippen molar-refractivity contribution in [3.8, 4) is 0 Å². The lowest BCUT2D eigenvalue weighted by atomic mass is 9.94. The van der Waals surface area contributed by atoms with Crippen LogP contribution in [0.2, 0.25) is 0 Å². The van der Waals surface area contributed by atoms with Gasteiger partial charge in [-0.1, -0.05) is 43.7 Å². The smallest absolute Gasteiger partial charge is 0.0450 e. The van der Waals surface area contributed by atoms with Crippen LogP contribution in [0.15, 0.2) is 30.3 Å². The summed E-state index contributed by atoms with van der Waals surface area (Å²) in [6, 6.07) is 11.3. The Bertz CT molecular complexity index is 359. The van der Waals surface area contributed by atoms with Gasteiger partial charge in [0.05, 0.1) is 0 Å². The van der Waals surface area contributed by atoms with Gasteiger partial charge in [-0.05, 0) is 32.4 Å². The summed E-state index contributed by atoms with van der Waals surface area (Å²) in [4.78, 5) is 2.64. The van der Waals surface area contributed by atoms with Gasteiger partial charge in [0.15, 0.2) is 0 Å². The van der Waals surface area contributed by atoms with Crippen molar-refractivity contribution in [2.45, 2.75) is 45.2 Å². The summed E-state index contributed by atoms with van der Waals surface area (Å²) >= 11 is 0. The van der Waals surface area contributed by atoms with Crippen molar-refractivity contribution in [1.82, 2.24) is 10.2 Å². The molecule has 100 valence electrons. The maximum Gasteiger partial charge on any atom is 0.0450 e. The van der Waals surface area contributed by atoms with Crippen molar-refractivity contribution in [3.05, 3.63) is 35.9 Å². The fourth-order valence-corrected chi connectivity index (χ4v) is 2.67. The van der Waals surface area contributed by atoms with E-state index in [1.54, 1.807) is 0 Å². The third-order valence-corrected chi connectivity index (χ3v) is 4.02. The highest BCUT2D eigenvalue weighted by Gasteiger charge is 2.33. The van der Waals surface area contributed by atoms with Crippen LogP contribution < -0.4 is 5.32 Å². The Morgan fingerprint density at radius 3 is 2.67 bits per heavy atom. The van der Waals surface area contributed by atoms with E-state index in [2.05, 4.69) is 61.3 Å². The van der Waals surface area contributed by atoms with E-state index in [4.69, 9.17) is 0 Å². The van der Waals surface area contributed by atoms with Gasteiger partial charge in [-0.2, -0.15) is 0 Å². The number of hydrogen-bond donors (Lipinski definition) is 1. The summed E-state index contributed by atoms with van der Waals surface area (Å²) in [6.07, 6.45) is 2.57. The zero-order valence-corrected chi connectivity index (χ0v) is 11.9. The molecular weight excluding hydrogens is 220 g/mol. The summed E-state index contributed by atoms with van der Waals surface area (Å²) in [5.74, 6) is 0. The third-order valence-electron chi connectivity index (χ3n) is 4.02. The van der Waals surface area contributed by atoms with Gasteiger partial charge >= 0.3 is 0 Å². The lowest BCUT2D eigenvalue weighted by molar-refractivity contribution is 0.0646. The molecule has 1 saturated heterocycles. The largest absolute Gasteiger partial charge is 0.307 e. The molecule has 0 spiro atoms. The molecule has 1 aromatic carbocycles. The molecule has 0 radical (unpaired) electrons. The standard InChI is InChI=1S/C16H26N2/c1-4-5-11-18-12-15(17-13-16(18,2)3)14-9-7-6-8-10-14/h6-10,15,17H,4-5,11-13H2,1-3H3. The van der Waals surface area contributed by atoms with Gasteiger partial charge < -0.3 is 5.32 Å². The monoisotopic (exact) mass is 246 g/mol. The molecule has 2 heteroatoms. The molecule has 0 aromatic heterocycles. The lowest BCUT2D eigenvalue weighted by Crippen LogP contribution is -2.59. The van der Waals surface area contributed by atoms with Crippen molar-refractivity contribution in [3.63, 3.8) is 0 Å². The van der Waals surface area contributed by atoms with Crippen LogP contribution >= 0.6 is 0 Å². The van der Waals surface area contributed by atoms with E-state index in [9.17, 15) is 0 Å². The summed E-state index contributed by atoms with van der Waals surface area (Å²) in [5, 5.41) is 3.69. The van der Waals surface area contributed by atoms with Crippen molar-refractivity contribution in [2.75, 3.05) is 19.6 Å². The van der Waals surface area contributed by atoms with E-state index >= 15 is 0 Å². The van der Waals surface area contributed by atoms with E-state index in [0.717, 1.165) is 13.1 Å². The normalized spacial score (nSPS) is 24.1. The maximum absolute atomic E-state index is 3.69. The molecule has 1 fully saturated rings. The van der Waals surface area contributed by atoms with Crippen LogP contribution in [0.25, 0.3) is 0 Å². The SMILES string of the molecule is CCCCN1CC(c2ccccc2)NCC1(C)C. The van der Waals surface area contributed by atoms with Crippen LogP contribution in [-0.2, 0) is 0 Å². The predicted octanol–water partition coefficient (Wildman–Crippen LogP) is 3.21. The van der Waals surface area contributed by atoms with Gasteiger partial charge in [0, 0.05) is 24.7 Å². The topological polar surface area (TPSA) is 15.3 Å². The number of unbranched alkanes of at least 4 members (excludes halogenated alkanes) is 1. The number of benzene rings is 1. The molecule has 0 aliphatic carbocycles. The minimum absolute atomic E-state index is 0.278. The molecule has 2 rings (SSSR count). The van der Waals surface area contributed by atoms with Crippen molar-refractivity contribution in [2.24, 2.45) is 0 Å². The minimum Gasteiger partial charge on any atom is -0.307 e. The molecule has 1 unspecified atom stereocenters. The number of nitrogens with one attached hydrogen (secondary N) is 1. The molecule has 1 N–H and O–H groups in total. The van der Waals surface area contributed by atoms with Gasteiger partial charge in [0.2, 0.25) is 0 Å². The Morgan fingerprint density at radius 2 is 2.00 bits per heavy atom. The zero-order chi connectivity index (χ0) is 13.0. The summed E-state index contributed by atoms with van der Waals surface area (Å²) < 4.78 is 0. The summed E-state index contributed by atoms with van der Waals surface area (Å²) in [6.45, 7) is 10.4. The lowest BCUT2D eigenvalue weighted by Gasteiger charge is -2.46. The van der Waals surface area contributed by atoms with E-state index in [0.29, 0.717) is 6.04 Å². The molecule has 2 nitrogen and oxygen atoms in total. The van der Waals surface area contributed by atoms with Gasteiger partial charge in [0.1, 0.15) is 0 Å². The maximum atomic E-state index is 3.69. The molecule has 1 aromatic rings. The van der Waals surface area contributed by atoms with Crippen LogP contribution in [0.5, 0.6) is 0 Å². The molecule has 1 atom stereocenters. The average molecular weight is 246 g/mol. The van der Waals surface area contributed by atoms with Gasteiger partial charge in [-0.3, -0.25) is 4.90 Å². The minimum atomic E-state index is 0.278. The molecule has 1 aliphatic heterocycles. The van der Waals surface area contributed by atoms with Crippen molar-refractivity contribution < 1.29 is 0 Å². The van der Waals surface area contributed by atoms with E-state index < -0.39 is 0 Å². The van der Waals surface area contributed by atoms with Crippen LogP contribution in [0.3, 0.4) is 0 Å². The average Bonchev–Trinajstić information content (AvgIpc) is 2.38. The first-order chi connectivity index (χ1) is 8.63. The highest BCUT2D eigenvalue weighted by atomic mass is 15.3. The van der Waals surface area contributed by atoms with Crippen molar-refractivity contribution in [1.29, 1.82) is 0 Å². The second-order valence-electron chi connectivity index (χ2n) is 5.96. The summed E-state index contributed by atoms with van der Waals surface area (Å²) in [5.41, 5.74) is 1.69. The van der Waals surface area contributed by atoms with Gasteiger partial charge in [-0.25, -0.2) is 0 Å². The molecule has 1 aliphatic rings. The fourth-order valence-electron chi connectivity index (χ4n) is 2.67. The fraction of sp³-hybridized carbons (Fsp3) is 0.625. The molecule has 0 saturated carbocycles. The van der Waals surface area contributed by atoms with Crippen LogP contribution in [0.1, 0.15) is 45.2 Å². The van der Waals surface area contributed by atoms with Crippen LogP contribution in [-0.4, -0.2) is 30.1 Å². The van der Waals surface area contributed by atoms with Gasteiger partial charge in [0.25, 0.3) is 0 Å². The van der Waals surface area contributed by atoms with E-state index in [1.165, 1.54) is 24.9 Å². The second-order valence-corrected chi connectivity index (χ2v) is 5.96. The van der Waals surface area contributed by atoms with Gasteiger partial charge in [-0.15, -0.1) is 0 Å². The second kappa shape index (κ2) is 5.85. The zero-order valence-electron chi connectivity index (χ0n) is 11.9. The Hall–Kier alpha value is -0.860. The first-order valence-electron chi connectivity index (χ1n) is 7.17. The first-order valence-corrected chi connectivity index (χ1v) is 7.17. The highest BCUT2D eigenvalue weighted by Crippen LogP contribution is 2.25. The highest BCUT2D eigenvalue weighted by molar-refractivity contribution is 5.20. The molecular formula is C16H26N2. The number of rotatable bonds is 4. The summed E-state index contributed by atoms with van der Waals surface area (Å²) in [7, 11) is 0. The molecule has 0 bridgehead atoms. The van der Waals surface area contributed by atoms with Crippen LogP contribution in [0, 0.1) is 0 Å². The van der Waals surface area contributed by atoms with E-state index in [-0.39, 0.29) is 5.54 Å². The molecule has 0 amide bonds. The van der Waals surface area contributed by atoms with Crippen molar-refractivity contribution >= 4 is 0 Å². The molecule has 1 heterocycles. The number of hydrogen-bond acceptors (Lipinski definition) is 2. The predicted molar refractivity (Wildman–Crippen MR) is 77.7 cm³/mol. The van der Waals surface area contributed by atoms with E-state index in [1.807, 2.05) is 0 Å². The third kappa shape index (κ3) is 3.12. The first kappa shape index (κ1) is 13.6. The molecule has 18 heavy (non-hydrogen) atoms. The number of piperazine rings is 1. The Morgan fingerprint density at radius 1 is 1.28 bits per heavy atom. The Labute approximate surface area is 111 Å². The Balaban J connectivity index is 2.05. The Kier molecular flexibility index (Phi) is 4.41. The van der Waals surface area contributed by atoms with Crippen LogP contribution in [0.4, 0.5) is 0 Å². The quantitative estimate of drug-likeness (QED) is 0.877. The number of nitrogens with zero attached hydrogens (tertiary/aromatic N) is 1.